The zero-order chi connectivity index (χ0) is 25.3. The molecule has 0 aliphatic carbocycles. The number of fused-ring (bicyclic) bond motifs is 6. The van der Waals surface area contributed by atoms with E-state index in [1.165, 1.54) is 53.0 Å². The SMILES string of the molecule is c1ccc(-c2ccc3c(c2)Sc2ccccc2-c2ccccc2Sc2cc(-c4ccccn4)ccc2-3)cc1. The fourth-order valence-corrected chi connectivity index (χ4v) is 7.25. The highest BCUT2D eigenvalue weighted by molar-refractivity contribution is 8.00. The van der Waals surface area contributed by atoms with Crippen LogP contribution in [0.2, 0.25) is 0 Å². The molecular formula is C35H23NS2. The lowest BCUT2D eigenvalue weighted by Gasteiger charge is -2.21. The molecule has 180 valence electrons. The van der Waals surface area contributed by atoms with Gasteiger partial charge in [0.25, 0.3) is 0 Å². The molecule has 7 rings (SSSR count). The van der Waals surface area contributed by atoms with Gasteiger partial charge in [0.15, 0.2) is 0 Å². The quantitative estimate of drug-likeness (QED) is 0.225. The third-order valence-electron chi connectivity index (χ3n) is 6.83. The van der Waals surface area contributed by atoms with Gasteiger partial charge in [-0.2, -0.15) is 0 Å². The molecule has 0 atom stereocenters. The highest BCUT2D eigenvalue weighted by Gasteiger charge is 2.20. The molecule has 0 bridgehead atoms. The minimum atomic E-state index is 0.987. The molecule has 0 saturated heterocycles. The Morgan fingerprint density at radius 3 is 1.53 bits per heavy atom. The van der Waals surface area contributed by atoms with Crippen molar-refractivity contribution in [3.63, 3.8) is 0 Å². The van der Waals surface area contributed by atoms with E-state index < -0.39 is 0 Å². The molecule has 2 heterocycles. The highest BCUT2D eigenvalue weighted by Crippen LogP contribution is 2.49. The first kappa shape index (κ1) is 23.1. The van der Waals surface area contributed by atoms with Gasteiger partial charge in [0.2, 0.25) is 0 Å². The summed E-state index contributed by atoms with van der Waals surface area (Å²) < 4.78 is 0. The van der Waals surface area contributed by atoms with Crippen molar-refractivity contribution in [1.29, 1.82) is 0 Å². The Bertz CT molecular complexity index is 1630. The maximum absolute atomic E-state index is 4.62. The number of hydrogen-bond donors (Lipinski definition) is 0. The van der Waals surface area contributed by atoms with Crippen molar-refractivity contribution >= 4 is 23.5 Å². The van der Waals surface area contributed by atoms with Crippen molar-refractivity contribution in [3.8, 4) is 44.6 Å². The number of hydrogen-bond acceptors (Lipinski definition) is 3. The van der Waals surface area contributed by atoms with Crippen LogP contribution in [0.25, 0.3) is 44.6 Å². The number of nitrogens with zero attached hydrogens (tertiary/aromatic N) is 1. The minimum Gasteiger partial charge on any atom is -0.256 e. The Morgan fingerprint density at radius 2 is 0.895 bits per heavy atom. The predicted octanol–water partition coefficient (Wildman–Crippen LogP) is 10.4. The lowest BCUT2D eigenvalue weighted by molar-refractivity contribution is 1.29. The summed E-state index contributed by atoms with van der Waals surface area (Å²) in [6, 6.07) is 47.9. The van der Waals surface area contributed by atoms with Gasteiger partial charge in [0.05, 0.1) is 5.69 Å². The summed E-state index contributed by atoms with van der Waals surface area (Å²) in [5.41, 5.74) is 9.59. The van der Waals surface area contributed by atoms with E-state index in [1.54, 1.807) is 0 Å². The van der Waals surface area contributed by atoms with Gasteiger partial charge in [-0.25, -0.2) is 0 Å². The zero-order valence-corrected chi connectivity index (χ0v) is 22.2. The average molecular weight is 522 g/mol. The lowest BCUT2D eigenvalue weighted by atomic mass is 9.98. The van der Waals surface area contributed by atoms with E-state index in [1.807, 2.05) is 41.9 Å². The smallest absolute Gasteiger partial charge is 0.0702 e. The number of aromatic nitrogens is 1. The van der Waals surface area contributed by atoms with Gasteiger partial charge in [-0.05, 0) is 69.8 Å². The second-order valence-corrected chi connectivity index (χ2v) is 11.4. The summed E-state index contributed by atoms with van der Waals surface area (Å²) in [6.45, 7) is 0. The number of benzene rings is 5. The largest absolute Gasteiger partial charge is 0.256 e. The summed E-state index contributed by atoms with van der Waals surface area (Å²) >= 11 is 3.69. The number of rotatable bonds is 2. The highest BCUT2D eigenvalue weighted by atomic mass is 32.2. The normalized spacial score (nSPS) is 12.0. The van der Waals surface area contributed by atoms with Gasteiger partial charge < -0.3 is 0 Å². The molecule has 1 nitrogen and oxygen atoms in total. The maximum Gasteiger partial charge on any atom is 0.0702 e. The van der Waals surface area contributed by atoms with Gasteiger partial charge >= 0.3 is 0 Å². The van der Waals surface area contributed by atoms with Crippen LogP contribution in [-0.4, -0.2) is 4.98 Å². The molecule has 1 aromatic heterocycles. The van der Waals surface area contributed by atoms with Crippen LogP contribution < -0.4 is 0 Å². The van der Waals surface area contributed by atoms with Crippen LogP contribution in [0.1, 0.15) is 0 Å². The van der Waals surface area contributed by atoms with Crippen molar-refractivity contribution in [3.05, 3.63) is 140 Å². The van der Waals surface area contributed by atoms with Crippen molar-refractivity contribution in [2.75, 3.05) is 0 Å². The molecular weight excluding hydrogens is 499 g/mol. The molecule has 0 fully saturated rings. The summed E-state index contributed by atoms with van der Waals surface area (Å²) in [5.74, 6) is 0. The minimum absolute atomic E-state index is 0.987. The summed E-state index contributed by atoms with van der Waals surface area (Å²) in [4.78, 5) is 9.63. The maximum atomic E-state index is 4.62. The Hall–Kier alpha value is -4.05. The molecule has 3 heteroatoms. The Labute approximate surface area is 231 Å². The molecule has 0 N–H and O–H groups in total. The van der Waals surface area contributed by atoms with Crippen LogP contribution in [0.3, 0.4) is 0 Å². The van der Waals surface area contributed by atoms with Crippen LogP contribution in [0.15, 0.2) is 159 Å². The predicted molar refractivity (Wildman–Crippen MR) is 161 cm³/mol. The van der Waals surface area contributed by atoms with E-state index in [-0.39, 0.29) is 0 Å². The van der Waals surface area contributed by atoms with Crippen LogP contribution in [-0.2, 0) is 0 Å². The second-order valence-electron chi connectivity index (χ2n) is 9.20. The van der Waals surface area contributed by atoms with E-state index in [4.69, 9.17) is 0 Å². The third kappa shape index (κ3) is 4.34. The van der Waals surface area contributed by atoms with Gasteiger partial charge in [-0.15, -0.1) is 0 Å². The Balaban J connectivity index is 1.48. The average Bonchev–Trinajstić information content (AvgIpc) is 2.99. The summed E-state index contributed by atoms with van der Waals surface area (Å²) in [5, 5.41) is 0. The Kier molecular flexibility index (Phi) is 6.09. The lowest BCUT2D eigenvalue weighted by Crippen LogP contribution is -1.93. The molecule has 0 amide bonds. The second kappa shape index (κ2) is 10.0. The topological polar surface area (TPSA) is 12.9 Å². The fraction of sp³-hybridized carbons (Fsp3) is 0. The first-order valence-corrected chi connectivity index (χ1v) is 14.3. The van der Waals surface area contributed by atoms with Crippen LogP contribution in [0.4, 0.5) is 0 Å². The van der Waals surface area contributed by atoms with Gasteiger partial charge in [0.1, 0.15) is 0 Å². The summed E-state index contributed by atoms with van der Waals surface area (Å²) in [6.07, 6.45) is 1.86. The van der Waals surface area contributed by atoms with Crippen LogP contribution >= 0.6 is 23.5 Å². The van der Waals surface area contributed by atoms with E-state index in [0.29, 0.717) is 0 Å². The molecule has 0 saturated carbocycles. The van der Waals surface area contributed by atoms with Crippen molar-refractivity contribution in [2.24, 2.45) is 0 Å². The van der Waals surface area contributed by atoms with E-state index in [0.717, 1.165) is 11.3 Å². The number of pyridine rings is 1. The fourth-order valence-electron chi connectivity index (χ4n) is 4.95. The zero-order valence-electron chi connectivity index (χ0n) is 20.5. The standard InChI is InChI=1S/C35H23NS2/c1-2-10-24(11-3-1)25-17-19-29-30-20-18-26(31-14-8-9-21-36-31)23-35(30)38-33-16-7-5-13-28(33)27-12-4-6-15-32(27)37-34(29)22-25/h1-23H. The third-order valence-corrected chi connectivity index (χ3v) is 9.09. The van der Waals surface area contributed by atoms with Crippen molar-refractivity contribution in [1.82, 2.24) is 4.98 Å². The summed E-state index contributed by atoms with van der Waals surface area (Å²) in [7, 11) is 0. The van der Waals surface area contributed by atoms with E-state index in [9.17, 15) is 0 Å². The van der Waals surface area contributed by atoms with Crippen LogP contribution in [0.5, 0.6) is 0 Å². The Morgan fingerprint density at radius 1 is 0.368 bits per heavy atom. The van der Waals surface area contributed by atoms with Gasteiger partial charge in [0, 0.05) is 31.3 Å². The first-order chi connectivity index (χ1) is 18.8. The van der Waals surface area contributed by atoms with Gasteiger partial charge in [-0.1, -0.05) is 121 Å². The molecule has 1 aliphatic heterocycles. The van der Waals surface area contributed by atoms with Crippen LogP contribution in [0, 0.1) is 0 Å². The molecule has 1 aliphatic rings. The molecule has 5 aromatic carbocycles. The van der Waals surface area contributed by atoms with Crippen molar-refractivity contribution < 1.29 is 0 Å². The van der Waals surface area contributed by atoms with Gasteiger partial charge in [-0.3, -0.25) is 4.98 Å². The molecule has 0 unspecified atom stereocenters. The molecule has 0 spiro atoms. The molecule has 0 radical (unpaired) electrons. The van der Waals surface area contributed by atoms with Crippen molar-refractivity contribution in [2.45, 2.75) is 19.6 Å². The van der Waals surface area contributed by atoms with E-state index in [2.05, 4.69) is 126 Å². The molecule has 6 aromatic rings. The van der Waals surface area contributed by atoms with E-state index >= 15 is 0 Å². The monoisotopic (exact) mass is 521 g/mol. The first-order valence-electron chi connectivity index (χ1n) is 12.6. The molecule has 38 heavy (non-hydrogen) atoms.